The molecule has 0 aliphatic carbocycles. The molecule has 132 valence electrons. The number of hydrogen-bond donors (Lipinski definition) is 1. The molecule has 0 unspecified atom stereocenters. The van der Waals surface area contributed by atoms with Crippen LogP contribution in [0.4, 0.5) is 5.69 Å². The minimum Gasteiger partial charge on any atom is -0.493 e. The Kier molecular flexibility index (Phi) is 7.10. The number of methoxy groups -OCH3 is 1. The molecule has 0 radical (unpaired) electrons. The standard InChI is InChI=1S/C18H19ClN2O4/c1-3-24-18-15(19)9-13(10-16(18)23-2)11-20-25-12-17(22)21-14-7-5-4-6-8-14/h4-11H,3,12H2,1-2H3,(H,21,22)/b20-11-. The molecule has 0 aliphatic heterocycles. The molecule has 25 heavy (non-hydrogen) atoms. The normalized spacial score (nSPS) is 10.5. The SMILES string of the molecule is CCOc1c(Cl)cc(/C=N\OCC(=O)Nc2ccccc2)cc1OC. The number of oxime groups is 1. The maximum absolute atomic E-state index is 11.7. The van der Waals surface area contributed by atoms with E-state index in [0.717, 1.165) is 0 Å². The summed E-state index contributed by atoms with van der Waals surface area (Å²) >= 11 is 6.17. The molecule has 2 aromatic carbocycles. The molecule has 2 aromatic rings. The van der Waals surface area contributed by atoms with E-state index in [1.807, 2.05) is 25.1 Å². The maximum atomic E-state index is 11.7. The van der Waals surface area contributed by atoms with Crippen LogP contribution >= 0.6 is 11.6 Å². The summed E-state index contributed by atoms with van der Waals surface area (Å²) in [5.41, 5.74) is 1.36. The predicted octanol–water partition coefficient (Wildman–Crippen LogP) is 3.74. The Morgan fingerprint density at radius 1 is 1.28 bits per heavy atom. The average Bonchev–Trinajstić information content (AvgIpc) is 2.61. The van der Waals surface area contributed by atoms with Gasteiger partial charge in [0.2, 0.25) is 0 Å². The van der Waals surface area contributed by atoms with Crippen molar-refractivity contribution in [3.05, 3.63) is 53.1 Å². The lowest BCUT2D eigenvalue weighted by molar-refractivity contribution is -0.120. The highest BCUT2D eigenvalue weighted by molar-refractivity contribution is 6.32. The molecule has 7 heteroatoms. The van der Waals surface area contributed by atoms with Gasteiger partial charge in [-0.3, -0.25) is 4.79 Å². The van der Waals surface area contributed by atoms with Crippen LogP contribution in [0.15, 0.2) is 47.6 Å². The van der Waals surface area contributed by atoms with Crippen molar-refractivity contribution < 1.29 is 19.1 Å². The monoisotopic (exact) mass is 362 g/mol. The van der Waals surface area contributed by atoms with Crippen molar-refractivity contribution >= 4 is 29.4 Å². The van der Waals surface area contributed by atoms with Crippen molar-refractivity contribution in [2.24, 2.45) is 5.16 Å². The lowest BCUT2D eigenvalue weighted by atomic mass is 10.2. The minimum atomic E-state index is -0.300. The summed E-state index contributed by atoms with van der Waals surface area (Å²) in [6, 6.07) is 12.5. The third kappa shape index (κ3) is 5.69. The van der Waals surface area contributed by atoms with E-state index in [9.17, 15) is 4.79 Å². The summed E-state index contributed by atoms with van der Waals surface area (Å²) in [5.74, 6) is 0.676. The predicted molar refractivity (Wildman–Crippen MR) is 97.8 cm³/mol. The van der Waals surface area contributed by atoms with Gasteiger partial charge in [0, 0.05) is 11.3 Å². The second-order valence-electron chi connectivity index (χ2n) is 4.89. The van der Waals surface area contributed by atoms with E-state index in [1.165, 1.54) is 13.3 Å². The summed E-state index contributed by atoms with van der Waals surface area (Å²) in [5, 5.41) is 6.88. The first-order chi connectivity index (χ1) is 12.1. The second-order valence-corrected chi connectivity index (χ2v) is 5.30. The van der Waals surface area contributed by atoms with Gasteiger partial charge in [-0.2, -0.15) is 0 Å². The summed E-state index contributed by atoms with van der Waals surface area (Å²) in [6.45, 7) is 2.13. The molecule has 2 rings (SSSR count). The Morgan fingerprint density at radius 3 is 2.72 bits per heavy atom. The molecule has 0 aliphatic rings. The molecule has 6 nitrogen and oxygen atoms in total. The van der Waals surface area contributed by atoms with Gasteiger partial charge < -0.3 is 19.6 Å². The fourth-order valence-electron chi connectivity index (χ4n) is 2.01. The number of para-hydroxylation sites is 1. The maximum Gasteiger partial charge on any atom is 0.265 e. The molecule has 0 heterocycles. The van der Waals surface area contributed by atoms with E-state index in [2.05, 4.69) is 10.5 Å². The third-order valence-electron chi connectivity index (χ3n) is 3.07. The second kappa shape index (κ2) is 9.54. The smallest absolute Gasteiger partial charge is 0.265 e. The molecular formula is C18H19ClN2O4. The van der Waals surface area contributed by atoms with Crippen LogP contribution in [-0.2, 0) is 9.63 Å². The molecular weight excluding hydrogens is 344 g/mol. The van der Waals surface area contributed by atoms with Gasteiger partial charge in [-0.25, -0.2) is 0 Å². The van der Waals surface area contributed by atoms with E-state index >= 15 is 0 Å². The van der Waals surface area contributed by atoms with Crippen LogP contribution < -0.4 is 14.8 Å². The van der Waals surface area contributed by atoms with Gasteiger partial charge in [-0.1, -0.05) is 35.0 Å². The Bertz CT molecular complexity index is 735. The molecule has 1 amide bonds. The first kappa shape index (κ1) is 18.6. The van der Waals surface area contributed by atoms with E-state index < -0.39 is 0 Å². The summed E-state index contributed by atoms with van der Waals surface area (Å²) in [6.07, 6.45) is 1.44. The van der Waals surface area contributed by atoms with Crippen LogP contribution in [0.2, 0.25) is 5.02 Å². The molecule has 0 saturated heterocycles. The Balaban J connectivity index is 1.91. The highest BCUT2D eigenvalue weighted by atomic mass is 35.5. The highest BCUT2D eigenvalue weighted by Crippen LogP contribution is 2.35. The lowest BCUT2D eigenvalue weighted by Gasteiger charge is -2.11. The third-order valence-corrected chi connectivity index (χ3v) is 3.35. The lowest BCUT2D eigenvalue weighted by Crippen LogP contribution is -2.16. The van der Waals surface area contributed by atoms with E-state index in [1.54, 1.807) is 24.3 Å². The van der Waals surface area contributed by atoms with Crippen molar-refractivity contribution in [3.8, 4) is 11.5 Å². The van der Waals surface area contributed by atoms with Crippen LogP contribution in [0.3, 0.4) is 0 Å². The molecule has 1 N–H and O–H groups in total. The number of hydrogen-bond acceptors (Lipinski definition) is 5. The van der Waals surface area contributed by atoms with Crippen LogP contribution in [-0.4, -0.2) is 32.4 Å². The number of rotatable bonds is 8. The topological polar surface area (TPSA) is 69.2 Å². The van der Waals surface area contributed by atoms with Crippen molar-refractivity contribution in [3.63, 3.8) is 0 Å². The zero-order valence-corrected chi connectivity index (χ0v) is 14.7. The minimum absolute atomic E-state index is 0.201. The van der Waals surface area contributed by atoms with Crippen LogP contribution in [0.25, 0.3) is 0 Å². The van der Waals surface area contributed by atoms with Gasteiger partial charge in [-0.15, -0.1) is 0 Å². The number of amides is 1. The Morgan fingerprint density at radius 2 is 2.04 bits per heavy atom. The fourth-order valence-corrected chi connectivity index (χ4v) is 2.28. The molecule has 0 saturated carbocycles. The van der Waals surface area contributed by atoms with E-state index in [0.29, 0.717) is 34.4 Å². The van der Waals surface area contributed by atoms with Crippen molar-refractivity contribution in [1.82, 2.24) is 0 Å². The van der Waals surface area contributed by atoms with Crippen molar-refractivity contribution in [2.45, 2.75) is 6.92 Å². The number of benzene rings is 2. The van der Waals surface area contributed by atoms with E-state index in [4.69, 9.17) is 25.9 Å². The van der Waals surface area contributed by atoms with Gasteiger partial charge in [0.1, 0.15) is 0 Å². The number of ether oxygens (including phenoxy) is 2. The molecule has 0 fully saturated rings. The summed E-state index contributed by atoms with van der Waals surface area (Å²) in [4.78, 5) is 16.7. The first-order valence-electron chi connectivity index (χ1n) is 7.64. The number of carbonyl (C=O) groups excluding carboxylic acids is 1. The Labute approximate surface area is 151 Å². The molecule has 0 atom stereocenters. The summed E-state index contributed by atoms with van der Waals surface area (Å²) < 4.78 is 10.7. The molecule has 0 aromatic heterocycles. The van der Waals surface area contributed by atoms with Crippen molar-refractivity contribution in [1.29, 1.82) is 0 Å². The summed E-state index contributed by atoms with van der Waals surface area (Å²) in [7, 11) is 1.53. The Hall–Kier alpha value is -2.73. The van der Waals surface area contributed by atoms with Gasteiger partial charge in [-0.05, 0) is 31.2 Å². The molecule has 0 bridgehead atoms. The van der Waals surface area contributed by atoms with Crippen LogP contribution in [0, 0.1) is 0 Å². The van der Waals surface area contributed by atoms with Gasteiger partial charge in [0.25, 0.3) is 5.91 Å². The first-order valence-corrected chi connectivity index (χ1v) is 8.02. The number of anilines is 1. The quantitative estimate of drug-likeness (QED) is 0.573. The highest BCUT2D eigenvalue weighted by Gasteiger charge is 2.11. The fraction of sp³-hybridized carbons (Fsp3) is 0.222. The van der Waals surface area contributed by atoms with Gasteiger partial charge >= 0.3 is 0 Å². The number of carbonyl (C=O) groups is 1. The zero-order chi connectivity index (χ0) is 18.1. The van der Waals surface area contributed by atoms with Crippen molar-refractivity contribution in [2.75, 3.05) is 25.6 Å². The number of nitrogens with zero attached hydrogens (tertiary/aromatic N) is 1. The number of nitrogens with one attached hydrogen (secondary N) is 1. The number of halogens is 1. The van der Waals surface area contributed by atoms with E-state index in [-0.39, 0.29) is 12.5 Å². The largest absolute Gasteiger partial charge is 0.493 e. The van der Waals surface area contributed by atoms with Gasteiger partial charge in [0.15, 0.2) is 18.1 Å². The molecule has 0 spiro atoms. The average molecular weight is 363 g/mol. The zero-order valence-electron chi connectivity index (χ0n) is 14.0. The van der Waals surface area contributed by atoms with Gasteiger partial charge in [0.05, 0.1) is 25.0 Å². The van der Waals surface area contributed by atoms with Crippen LogP contribution in [0.5, 0.6) is 11.5 Å². The van der Waals surface area contributed by atoms with Crippen LogP contribution in [0.1, 0.15) is 12.5 Å².